The van der Waals surface area contributed by atoms with E-state index in [0.29, 0.717) is 12.1 Å². The molecule has 3 aromatic carbocycles. The first kappa shape index (κ1) is 16.1. The van der Waals surface area contributed by atoms with E-state index in [2.05, 4.69) is 41.4 Å². The maximum absolute atomic E-state index is 11.3. The van der Waals surface area contributed by atoms with Gasteiger partial charge in [0.05, 0.1) is 23.4 Å². The van der Waals surface area contributed by atoms with E-state index in [4.69, 9.17) is 5.73 Å². The molecule has 0 aliphatic carbocycles. The zero-order chi connectivity index (χ0) is 17.9. The lowest BCUT2D eigenvalue weighted by Gasteiger charge is -2.18. The lowest BCUT2D eigenvalue weighted by atomic mass is 9.99. The number of nitrogens with two attached hydrogens (primary N) is 1. The highest BCUT2D eigenvalue weighted by atomic mass is 16.1. The minimum atomic E-state index is -0.0917. The van der Waals surface area contributed by atoms with Gasteiger partial charge in [-0.3, -0.25) is 0 Å². The average molecular weight is 341 g/mol. The Kier molecular flexibility index (Phi) is 4.23. The molecule has 0 saturated heterocycles. The number of benzene rings is 3. The molecule has 1 unspecified atom stereocenters. The van der Waals surface area contributed by atoms with Gasteiger partial charge in [0, 0.05) is 12.1 Å². The van der Waals surface area contributed by atoms with Crippen LogP contribution in [0.2, 0.25) is 0 Å². The number of imidazole rings is 1. The van der Waals surface area contributed by atoms with Gasteiger partial charge in [-0.15, -0.1) is 0 Å². The minimum absolute atomic E-state index is 0.0917. The van der Waals surface area contributed by atoms with Crippen LogP contribution >= 0.6 is 0 Å². The van der Waals surface area contributed by atoms with Crippen LogP contribution < -0.4 is 5.73 Å². The molecule has 4 aromatic rings. The average Bonchev–Trinajstić information content (AvgIpc) is 3.10. The van der Waals surface area contributed by atoms with Crippen molar-refractivity contribution in [3.05, 3.63) is 84.7 Å². The fourth-order valence-corrected chi connectivity index (χ4v) is 3.33. The molecule has 0 spiro atoms. The third-order valence-electron chi connectivity index (χ3n) is 4.66. The number of carbonyl (C=O) groups is 1. The van der Waals surface area contributed by atoms with E-state index in [1.54, 1.807) is 6.33 Å². The Hall–Kier alpha value is -3.40. The van der Waals surface area contributed by atoms with E-state index in [0.717, 1.165) is 28.4 Å². The van der Waals surface area contributed by atoms with Crippen molar-refractivity contribution in [2.24, 2.45) is 0 Å². The normalized spacial score (nSPS) is 12.2. The Morgan fingerprint density at radius 3 is 2.42 bits per heavy atom. The van der Waals surface area contributed by atoms with E-state index in [-0.39, 0.29) is 6.04 Å². The van der Waals surface area contributed by atoms with Crippen LogP contribution in [0.15, 0.2) is 79.1 Å². The Labute approximate surface area is 151 Å². The molecule has 26 heavy (non-hydrogen) atoms. The van der Waals surface area contributed by atoms with Crippen LogP contribution in [0.1, 0.15) is 18.0 Å². The first-order valence-corrected chi connectivity index (χ1v) is 8.57. The largest absolute Gasteiger partial charge is 0.399 e. The topological polar surface area (TPSA) is 60.9 Å². The number of nitrogens with zero attached hydrogens (tertiary/aromatic N) is 2. The lowest BCUT2D eigenvalue weighted by Crippen LogP contribution is -2.10. The maximum atomic E-state index is 11.3. The van der Waals surface area contributed by atoms with Gasteiger partial charge in [-0.25, -0.2) is 4.98 Å². The number of rotatable bonds is 5. The quantitative estimate of drug-likeness (QED) is 0.430. The molecular formula is C22H19N3O. The number of anilines is 1. The molecule has 4 rings (SSSR count). The van der Waals surface area contributed by atoms with E-state index < -0.39 is 0 Å². The van der Waals surface area contributed by atoms with E-state index >= 15 is 0 Å². The highest BCUT2D eigenvalue weighted by molar-refractivity contribution is 5.79. The molecule has 1 heterocycles. The number of hydrogen-bond acceptors (Lipinski definition) is 3. The summed E-state index contributed by atoms with van der Waals surface area (Å²) in [4.78, 5) is 15.7. The molecule has 2 N–H and O–H groups in total. The van der Waals surface area contributed by atoms with Gasteiger partial charge in [-0.2, -0.15) is 0 Å². The zero-order valence-electron chi connectivity index (χ0n) is 14.2. The molecule has 0 amide bonds. The SMILES string of the molecule is Nc1ccc2c(c1)ncn2C(CC=O)c1ccc(-c2ccccc2)cc1. The Bertz CT molecular complexity index is 1040. The van der Waals surface area contributed by atoms with Gasteiger partial charge in [0.25, 0.3) is 0 Å². The summed E-state index contributed by atoms with van der Waals surface area (Å²) in [6.45, 7) is 0. The van der Waals surface area contributed by atoms with Crippen LogP contribution in [-0.2, 0) is 4.79 Å². The lowest BCUT2D eigenvalue weighted by molar-refractivity contribution is -0.108. The molecule has 0 fully saturated rings. The van der Waals surface area contributed by atoms with Crippen molar-refractivity contribution in [3.63, 3.8) is 0 Å². The number of hydrogen-bond donors (Lipinski definition) is 1. The van der Waals surface area contributed by atoms with E-state index in [1.165, 1.54) is 5.56 Å². The monoisotopic (exact) mass is 341 g/mol. The molecule has 0 saturated carbocycles. The first-order valence-electron chi connectivity index (χ1n) is 8.57. The summed E-state index contributed by atoms with van der Waals surface area (Å²) in [6.07, 6.45) is 3.13. The number of carbonyl (C=O) groups excluding carboxylic acids is 1. The van der Waals surface area contributed by atoms with Crippen LogP contribution in [0.3, 0.4) is 0 Å². The molecule has 0 aliphatic heterocycles. The van der Waals surface area contributed by atoms with Crippen molar-refractivity contribution < 1.29 is 4.79 Å². The Balaban J connectivity index is 1.73. The van der Waals surface area contributed by atoms with Crippen LogP contribution in [0, 0.1) is 0 Å². The van der Waals surface area contributed by atoms with Crippen molar-refractivity contribution in [1.29, 1.82) is 0 Å². The summed E-state index contributed by atoms with van der Waals surface area (Å²) in [5.74, 6) is 0. The van der Waals surface area contributed by atoms with Crippen molar-refractivity contribution in [2.45, 2.75) is 12.5 Å². The van der Waals surface area contributed by atoms with Gasteiger partial charge in [0.2, 0.25) is 0 Å². The summed E-state index contributed by atoms with van der Waals surface area (Å²) in [7, 11) is 0. The smallest absolute Gasteiger partial charge is 0.122 e. The number of aldehydes is 1. The second kappa shape index (κ2) is 6.84. The molecule has 1 aromatic heterocycles. The Morgan fingerprint density at radius 1 is 0.962 bits per heavy atom. The molecule has 0 bridgehead atoms. The van der Waals surface area contributed by atoms with Gasteiger partial charge in [0.15, 0.2) is 0 Å². The third kappa shape index (κ3) is 2.97. The van der Waals surface area contributed by atoms with Crippen molar-refractivity contribution in [2.75, 3.05) is 5.73 Å². The summed E-state index contributed by atoms with van der Waals surface area (Å²) in [6, 6.07) is 24.2. The van der Waals surface area contributed by atoms with Crippen molar-refractivity contribution >= 4 is 23.0 Å². The molecular weight excluding hydrogens is 322 g/mol. The molecule has 0 aliphatic rings. The minimum Gasteiger partial charge on any atom is -0.399 e. The van der Waals surface area contributed by atoms with Gasteiger partial charge in [-0.1, -0.05) is 54.6 Å². The molecule has 4 nitrogen and oxygen atoms in total. The first-order chi connectivity index (χ1) is 12.8. The number of fused-ring (bicyclic) bond motifs is 1. The summed E-state index contributed by atoms with van der Waals surface area (Å²) in [5.41, 5.74) is 11.7. The molecule has 128 valence electrons. The fraction of sp³-hybridized carbons (Fsp3) is 0.0909. The number of aromatic nitrogens is 2. The maximum Gasteiger partial charge on any atom is 0.122 e. The standard InChI is InChI=1S/C22H19N3O/c23-19-10-11-22-20(14-19)24-15-25(22)21(12-13-26)18-8-6-17(7-9-18)16-4-2-1-3-5-16/h1-11,13-15,21H,12,23H2. The second-order valence-electron chi connectivity index (χ2n) is 6.31. The van der Waals surface area contributed by atoms with Crippen LogP contribution in [0.4, 0.5) is 5.69 Å². The van der Waals surface area contributed by atoms with Gasteiger partial charge in [0.1, 0.15) is 6.29 Å². The predicted molar refractivity (Wildman–Crippen MR) is 105 cm³/mol. The highest BCUT2D eigenvalue weighted by Gasteiger charge is 2.16. The van der Waals surface area contributed by atoms with Crippen LogP contribution in [0.25, 0.3) is 22.2 Å². The zero-order valence-corrected chi connectivity index (χ0v) is 14.2. The van der Waals surface area contributed by atoms with E-state index in [1.807, 2.05) is 41.0 Å². The van der Waals surface area contributed by atoms with Gasteiger partial charge in [-0.05, 0) is 34.9 Å². The van der Waals surface area contributed by atoms with Gasteiger partial charge >= 0.3 is 0 Å². The third-order valence-corrected chi connectivity index (χ3v) is 4.66. The fourth-order valence-electron chi connectivity index (χ4n) is 3.33. The summed E-state index contributed by atoms with van der Waals surface area (Å²) < 4.78 is 2.04. The van der Waals surface area contributed by atoms with Crippen LogP contribution in [0.5, 0.6) is 0 Å². The summed E-state index contributed by atoms with van der Waals surface area (Å²) >= 11 is 0. The highest BCUT2D eigenvalue weighted by Crippen LogP contribution is 2.28. The predicted octanol–water partition coefficient (Wildman–Crippen LogP) is 4.46. The van der Waals surface area contributed by atoms with Crippen molar-refractivity contribution in [3.8, 4) is 11.1 Å². The molecule has 4 heteroatoms. The second-order valence-corrected chi connectivity index (χ2v) is 6.31. The molecule has 1 atom stereocenters. The Morgan fingerprint density at radius 2 is 1.69 bits per heavy atom. The van der Waals surface area contributed by atoms with Crippen molar-refractivity contribution in [1.82, 2.24) is 9.55 Å². The number of nitrogen functional groups attached to an aromatic ring is 1. The van der Waals surface area contributed by atoms with Gasteiger partial charge < -0.3 is 15.1 Å². The molecule has 0 radical (unpaired) electrons. The van der Waals surface area contributed by atoms with Crippen LogP contribution in [-0.4, -0.2) is 15.8 Å². The summed E-state index contributed by atoms with van der Waals surface area (Å²) in [5, 5.41) is 0. The van der Waals surface area contributed by atoms with E-state index in [9.17, 15) is 4.79 Å².